The minimum atomic E-state index is -0.0742. The van der Waals surface area contributed by atoms with Crippen LogP contribution in [-0.2, 0) is 9.53 Å². The Kier molecular flexibility index (Phi) is 5.22. The Bertz CT molecular complexity index is 227. The zero-order valence-electron chi connectivity index (χ0n) is 10.9. The van der Waals surface area contributed by atoms with Crippen molar-refractivity contribution in [3.8, 4) is 0 Å². The second-order valence-electron chi connectivity index (χ2n) is 4.94. The van der Waals surface area contributed by atoms with E-state index in [1.807, 2.05) is 7.05 Å². The first-order valence-corrected chi connectivity index (χ1v) is 5.99. The Morgan fingerprint density at radius 2 is 1.94 bits per heavy atom. The topological polar surface area (TPSA) is 32.8 Å². The highest BCUT2D eigenvalue weighted by Gasteiger charge is 2.39. The van der Waals surface area contributed by atoms with Gasteiger partial charge in [0.15, 0.2) is 0 Å². The van der Waals surface area contributed by atoms with Gasteiger partial charge in [-0.25, -0.2) is 0 Å². The fourth-order valence-electron chi connectivity index (χ4n) is 2.04. The van der Waals surface area contributed by atoms with Crippen LogP contribution in [-0.4, -0.2) is 63.2 Å². The zero-order chi connectivity index (χ0) is 12.1. The highest BCUT2D eigenvalue weighted by atomic mass is 16.5. The largest absolute Gasteiger partial charge is 0.468 e. The SMILES string of the molecule is COC(=O)C(C1CC1)N(C)CCCN(C)C. The number of ether oxygens (including phenoxy) is 1. The molecule has 1 fully saturated rings. The number of hydrogen-bond donors (Lipinski definition) is 0. The van der Waals surface area contributed by atoms with Crippen LogP contribution >= 0.6 is 0 Å². The quantitative estimate of drug-likeness (QED) is 0.604. The molecule has 16 heavy (non-hydrogen) atoms. The van der Waals surface area contributed by atoms with Crippen molar-refractivity contribution in [1.82, 2.24) is 9.80 Å². The van der Waals surface area contributed by atoms with E-state index in [2.05, 4.69) is 23.9 Å². The highest BCUT2D eigenvalue weighted by molar-refractivity contribution is 5.76. The van der Waals surface area contributed by atoms with E-state index in [9.17, 15) is 4.79 Å². The van der Waals surface area contributed by atoms with Gasteiger partial charge in [-0.1, -0.05) is 0 Å². The summed E-state index contributed by atoms with van der Waals surface area (Å²) in [6.45, 7) is 2.01. The van der Waals surface area contributed by atoms with E-state index in [1.165, 1.54) is 7.11 Å². The predicted molar refractivity (Wildman–Crippen MR) is 64.3 cm³/mol. The summed E-state index contributed by atoms with van der Waals surface area (Å²) in [7, 11) is 7.64. The molecule has 0 saturated heterocycles. The second-order valence-corrected chi connectivity index (χ2v) is 4.94. The highest BCUT2D eigenvalue weighted by Crippen LogP contribution is 2.35. The molecule has 0 spiro atoms. The molecule has 1 rings (SSSR count). The number of esters is 1. The Balaban J connectivity index is 2.35. The molecule has 0 radical (unpaired) electrons. The van der Waals surface area contributed by atoms with E-state index in [1.54, 1.807) is 0 Å². The molecule has 1 aliphatic rings. The first-order valence-electron chi connectivity index (χ1n) is 5.99. The maximum Gasteiger partial charge on any atom is 0.323 e. The molecule has 1 atom stereocenters. The van der Waals surface area contributed by atoms with Crippen LogP contribution < -0.4 is 0 Å². The van der Waals surface area contributed by atoms with Crippen molar-refractivity contribution in [2.24, 2.45) is 5.92 Å². The van der Waals surface area contributed by atoms with Crippen LogP contribution in [0.5, 0.6) is 0 Å². The first kappa shape index (κ1) is 13.5. The van der Waals surface area contributed by atoms with Gasteiger partial charge in [-0.2, -0.15) is 0 Å². The lowest BCUT2D eigenvalue weighted by atomic mass is 10.1. The lowest BCUT2D eigenvalue weighted by Crippen LogP contribution is -2.42. The lowest BCUT2D eigenvalue weighted by molar-refractivity contribution is -0.147. The van der Waals surface area contributed by atoms with E-state index < -0.39 is 0 Å². The maximum atomic E-state index is 11.7. The number of methoxy groups -OCH3 is 1. The van der Waals surface area contributed by atoms with Gasteiger partial charge in [0.1, 0.15) is 6.04 Å². The van der Waals surface area contributed by atoms with Crippen LogP contribution in [0.25, 0.3) is 0 Å². The van der Waals surface area contributed by atoms with Crippen LogP contribution in [0.1, 0.15) is 19.3 Å². The summed E-state index contributed by atoms with van der Waals surface area (Å²) in [5.74, 6) is 0.451. The van der Waals surface area contributed by atoms with Crippen LogP contribution in [0.3, 0.4) is 0 Å². The Morgan fingerprint density at radius 1 is 1.31 bits per heavy atom. The van der Waals surface area contributed by atoms with Gasteiger partial charge in [-0.05, 0) is 59.4 Å². The molecule has 0 aromatic rings. The van der Waals surface area contributed by atoms with Gasteiger partial charge in [-0.3, -0.25) is 9.69 Å². The summed E-state index contributed by atoms with van der Waals surface area (Å²) in [5, 5.41) is 0. The van der Waals surface area contributed by atoms with Crippen LogP contribution in [0.2, 0.25) is 0 Å². The molecule has 4 nitrogen and oxygen atoms in total. The summed E-state index contributed by atoms with van der Waals surface area (Å²) in [6, 6.07) is -0.0211. The molecule has 1 unspecified atom stereocenters. The Hall–Kier alpha value is -0.610. The smallest absolute Gasteiger partial charge is 0.323 e. The van der Waals surface area contributed by atoms with Gasteiger partial charge >= 0.3 is 5.97 Å². The monoisotopic (exact) mass is 228 g/mol. The molecule has 4 heteroatoms. The predicted octanol–water partition coefficient (Wildman–Crippen LogP) is 0.821. The summed E-state index contributed by atoms with van der Waals surface area (Å²) < 4.78 is 4.87. The van der Waals surface area contributed by atoms with Gasteiger partial charge in [-0.15, -0.1) is 0 Å². The molecule has 0 bridgehead atoms. The van der Waals surface area contributed by atoms with E-state index in [0.29, 0.717) is 5.92 Å². The minimum Gasteiger partial charge on any atom is -0.468 e. The van der Waals surface area contributed by atoms with E-state index in [-0.39, 0.29) is 12.0 Å². The molecule has 0 N–H and O–H groups in total. The van der Waals surface area contributed by atoms with Crippen molar-refractivity contribution in [2.45, 2.75) is 25.3 Å². The van der Waals surface area contributed by atoms with Crippen molar-refractivity contribution < 1.29 is 9.53 Å². The van der Waals surface area contributed by atoms with Crippen LogP contribution in [0.15, 0.2) is 0 Å². The molecule has 0 amide bonds. The average molecular weight is 228 g/mol. The van der Waals surface area contributed by atoms with Crippen molar-refractivity contribution in [3.05, 3.63) is 0 Å². The minimum absolute atomic E-state index is 0.0211. The number of carbonyl (C=O) groups is 1. The van der Waals surface area contributed by atoms with Crippen molar-refractivity contribution in [3.63, 3.8) is 0 Å². The molecule has 1 aliphatic carbocycles. The number of hydrogen-bond acceptors (Lipinski definition) is 4. The van der Waals surface area contributed by atoms with Crippen molar-refractivity contribution in [2.75, 3.05) is 41.3 Å². The van der Waals surface area contributed by atoms with Crippen LogP contribution in [0, 0.1) is 5.92 Å². The van der Waals surface area contributed by atoms with Gasteiger partial charge in [0, 0.05) is 0 Å². The summed E-state index contributed by atoms with van der Waals surface area (Å²) in [5.41, 5.74) is 0. The van der Waals surface area contributed by atoms with Crippen molar-refractivity contribution in [1.29, 1.82) is 0 Å². The molecule has 0 aromatic heterocycles. The summed E-state index contributed by atoms with van der Waals surface area (Å²) >= 11 is 0. The molecule has 0 aromatic carbocycles. The number of rotatable bonds is 7. The summed E-state index contributed by atoms with van der Waals surface area (Å²) in [4.78, 5) is 16.0. The number of likely N-dealkylation sites (N-methyl/N-ethyl adjacent to an activating group) is 1. The Labute approximate surface area is 98.5 Å². The molecular formula is C12H24N2O2. The molecule has 0 aliphatic heterocycles. The average Bonchev–Trinajstić information content (AvgIpc) is 3.01. The van der Waals surface area contributed by atoms with E-state index in [4.69, 9.17) is 4.74 Å². The number of nitrogens with zero attached hydrogens (tertiary/aromatic N) is 2. The molecule has 0 heterocycles. The summed E-state index contributed by atoms with van der Waals surface area (Å²) in [6.07, 6.45) is 3.42. The van der Waals surface area contributed by atoms with Gasteiger partial charge < -0.3 is 9.64 Å². The molecule has 1 saturated carbocycles. The van der Waals surface area contributed by atoms with Gasteiger partial charge in [0.2, 0.25) is 0 Å². The molecular weight excluding hydrogens is 204 g/mol. The van der Waals surface area contributed by atoms with Gasteiger partial charge in [0.25, 0.3) is 0 Å². The maximum absolute atomic E-state index is 11.7. The van der Waals surface area contributed by atoms with Gasteiger partial charge in [0.05, 0.1) is 7.11 Å². The normalized spacial score (nSPS) is 17.9. The third-order valence-corrected chi connectivity index (χ3v) is 3.10. The van der Waals surface area contributed by atoms with E-state index >= 15 is 0 Å². The van der Waals surface area contributed by atoms with E-state index in [0.717, 1.165) is 32.4 Å². The fourth-order valence-corrected chi connectivity index (χ4v) is 2.04. The lowest BCUT2D eigenvalue weighted by Gasteiger charge is -2.26. The number of carbonyl (C=O) groups excluding carboxylic acids is 1. The second kappa shape index (κ2) is 6.21. The van der Waals surface area contributed by atoms with Crippen molar-refractivity contribution >= 4 is 5.97 Å². The fraction of sp³-hybridized carbons (Fsp3) is 0.917. The first-order chi connectivity index (χ1) is 7.56. The third-order valence-electron chi connectivity index (χ3n) is 3.10. The standard InChI is InChI=1S/C12H24N2O2/c1-13(2)8-5-9-14(3)11(10-6-7-10)12(15)16-4/h10-11H,5-9H2,1-4H3. The molecule has 94 valence electrons. The third kappa shape index (κ3) is 4.10. The zero-order valence-corrected chi connectivity index (χ0v) is 10.9. The Morgan fingerprint density at radius 3 is 2.38 bits per heavy atom. The van der Waals surface area contributed by atoms with Crippen LogP contribution in [0.4, 0.5) is 0 Å².